The first-order valence-corrected chi connectivity index (χ1v) is 7.87. The van der Waals surface area contributed by atoms with E-state index in [1.165, 1.54) is 6.42 Å². The van der Waals surface area contributed by atoms with Gasteiger partial charge in [-0.25, -0.2) is 4.79 Å². The summed E-state index contributed by atoms with van der Waals surface area (Å²) < 4.78 is 5.22. The molecule has 0 saturated carbocycles. The molecule has 5 nitrogen and oxygen atoms in total. The first-order valence-electron chi connectivity index (χ1n) is 7.87. The Kier molecular flexibility index (Phi) is 7.92. The molecule has 1 heterocycles. The number of nitrogens with one attached hydrogen (secondary N) is 1. The molecule has 1 fully saturated rings. The topological polar surface area (TPSA) is 44.8 Å². The van der Waals surface area contributed by atoms with Crippen LogP contribution in [0.15, 0.2) is 0 Å². The van der Waals surface area contributed by atoms with Crippen molar-refractivity contribution in [1.29, 1.82) is 0 Å². The van der Waals surface area contributed by atoms with E-state index in [1.807, 2.05) is 18.7 Å². The summed E-state index contributed by atoms with van der Waals surface area (Å²) in [5.74, 6) is 0.762. The maximum absolute atomic E-state index is 11.8. The number of ether oxygens (including phenoxy) is 1. The monoisotopic (exact) mass is 285 g/mol. The van der Waals surface area contributed by atoms with Gasteiger partial charge in [0.2, 0.25) is 0 Å². The van der Waals surface area contributed by atoms with Gasteiger partial charge in [0.25, 0.3) is 0 Å². The minimum Gasteiger partial charge on any atom is -0.447 e. The van der Waals surface area contributed by atoms with E-state index in [0.717, 1.165) is 51.7 Å². The molecule has 1 saturated heterocycles. The fourth-order valence-electron chi connectivity index (χ4n) is 2.18. The Morgan fingerprint density at radius 2 is 1.75 bits per heavy atom. The van der Waals surface area contributed by atoms with Crippen LogP contribution in [0.2, 0.25) is 0 Å². The zero-order valence-corrected chi connectivity index (χ0v) is 13.5. The molecule has 5 heteroatoms. The molecule has 0 aromatic rings. The van der Waals surface area contributed by atoms with E-state index in [1.54, 1.807) is 0 Å². The highest BCUT2D eigenvalue weighted by Crippen LogP contribution is 2.05. The highest BCUT2D eigenvalue weighted by atomic mass is 16.6. The number of rotatable bonds is 7. The lowest BCUT2D eigenvalue weighted by atomic mass is 10.1. The second-order valence-electron chi connectivity index (χ2n) is 6.19. The van der Waals surface area contributed by atoms with Gasteiger partial charge in [0.05, 0.1) is 6.10 Å². The van der Waals surface area contributed by atoms with Crippen LogP contribution in [-0.2, 0) is 4.74 Å². The van der Waals surface area contributed by atoms with E-state index in [9.17, 15) is 4.79 Å². The van der Waals surface area contributed by atoms with E-state index < -0.39 is 0 Å². The van der Waals surface area contributed by atoms with Gasteiger partial charge in [-0.2, -0.15) is 0 Å². The number of carbonyl (C=O) groups is 1. The largest absolute Gasteiger partial charge is 0.447 e. The second kappa shape index (κ2) is 9.19. The van der Waals surface area contributed by atoms with Crippen molar-refractivity contribution in [3.05, 3.63) is 0 Å². The van der Waals surface area contributed by atoms with Crippen LogP contribution < -0.4 is 5.32 Å². The molecule has 118 valence electrons. The molecule has 0 radical (unpaired) electrons. The molecule has 1 amide bonds. The van der Waals surface area contributed by atoms with E-state index in [4.69, 9.17) is 4.74 Å². The minimum absolute atomic E-state index is 0.0364. The summed E-state index contributed by atoms with van der Waals surface area (Å²) in [6.45, 7) is 14.9. The first-order chi connectivity index (χ1) is 9.49. The lowest BCUT2D eigenvalue weighted by Crippen LogP contribution is -2.50. The van der Waals surface area contributed by atoms with Gasteiger partial charge in [-0.1, -0.05) is 13.8 Å². The van der Waals surface area contributed by atoms with Crippen LogP contribution in [0.1, 0.15) is 34.1 Å². The molecule has 0 unspecified atom stereocenters. The van der Waals surface area contributed by atoms with Gasteiger partial charge in [-0.05, 0) is 32.7 Å². The van der Waals surface area contributed by atoms with Crippen molar-refractivity contribution in [3.63, 3.8) is 0 Å². The molecule has 0 aromatic carbocycles. The molecule has 1 aliphatic rings. The fourth-order valence-corrected chi connectivity index (χ4v) is 2.18. The normalized spacial score (nSPS) is 17.0. The number of amides is 1. The lowest BCUT2D eigenvalue weighted by Gasteiger charge is -2.34. The molecule has 1 aliphatic heterocycles. The average Bonchev–Trinajstić information content (AvgIpc) is 2.38. The summed E-state index contributed by atoms with van der Waals surface area (Å²) in [5.41, 5.74) is 0. The van der Waals surface area contributed by atoms with Crippen LogP contribution in [0.5, 0.6) is 0 Å². The first kappa shape index (κ1) is 17.2. The summed E-state index contributed by atoms with van der Waals surface area (Å²) in [6.07, 6.45) is 1.02. The Balaban J connectivity index is 2.08. The van der Waals surface area contributed by atoms with Crippen molar-refractivity contribution in [3.8, 4) is 0 Å². The zero-order valence-electron chi connectivity index (χ0n) is 13.5. The number of carbonyl (C=O) groups excluding carboxylic acids is 1. The average molecular weight is 285 g/mol. The van der Waals surface area contributed by atoms with Gasteiger partial charge >= 0.3 is 6.09 Å². The van der Waals surface area contributed by atoms with Gasteiger partial charge in [-0.15, -0.1) is 0 Å². The van der Waals surface area contributed by atoms with Gasteiger partial charge < -0.3 is 15.0 Å². The minimum atomic E-state index is -0.172. The number of hydrogen-bond donors (Lipinski definition) is 1. The summed E-state index contributed by atoms with van der Waals surface area (Å²) in [5, 5.41) is 3.48. The fraction of sp³-hybridized carbons (Fsp3) is 0.933. The Morgan fingerprint density at radius 3 is 2.30 bits per heavy atom. The van der Waals surface area contributed by atoms with Gasteiger partial charge in [0, 0.05) is 39.3 Å². The number of nitrogens with zero attached hydrogens (tertiary/aromatic N) is 2. The van der Waals surface area contributed by atoms with Crippen LogP contribution in [-0.4, -0.2) is 67.8 Å². The van der Waals surface area contributed by atoms with Crippen LogP contribution in [0, 0.1) is 5.92 Å². The van der Waals surface area contributed by atoms with E-state index in [2.05, 4.69) is 24.1 Å². The predicted molar refractivity (Wildman–Crippen MR) is 82.0 cm³/mol. The van der Waals surface area contributed by atoms with Crippen molar-refractivity contribution in [2.75, 3.05) is 45.8 Å². The molecule has 0 spiro atoms. The van der Waals surface area contributed by atoms with Crippen molar-refractivity contribution in [1.82, 2.24) is 15.1 Å². The van der Waals surface area contributed by atoms with E-state index in [-0.39, 0.29) is 12.2 Å². The van der Waals surface area contributed by atoms with Crippen LogP contribution >= 0.6 is 0 Å². The number of piperazine rings is 1. The Labute approximate surface area is 123 Å². The molecule has 20 heavy (non-hydrogen) atoms. The lowest BCUT2D eigenvalue weighted by molar-refractivity contribution is 0.0574. The predicted octanol–water partition coefficient (Wildman–Crippen LogP) is 1.78. The SMILES string of the molecule is CC(C)CCNCCN1CCN(C(=O)OC(C)C)CC1. The summed E-state index contributed by atoms with van der Waals surface area (Å²) >= 11 is 0. The summed E-state index contributed by atoms with van der Waals surface area (Å²) in [4.78, 5) is 16.0. The molecular formula is C15H31N3O2. The van der Waals surface area contributed by atoms with Gasteiger partial charge in [-0.3, -0.25) is 4.90 Å². The molecule has 0 aliphatic carbocycles. The van der Waals surface area contributed by atoms with E-state index >= 15 is 0 Å². The van der Waals surface area contributed by atoms with Crippen molar-refractivity contribution >= 4 is 6.09 Å². The van der Waals surface area contributed by atoms with Crippen molar-refractivity contribution < 1.29 is 9.53 Å². The maximum Gasteiger partial charge on any atom is 0.410 e. The van der Waals surface area contributed by atoms with Gasteiger partial charge in [0.1, 0.15) is 0 Å². The Morgan fingerprint density at radius 1 is 1.10 bits per heavy atom. The molecule has 1 N–H and O–H groups in total. The molecule has 1 rings (SSSR count). The quantitative estimate of drug-likeness (QED) is 0.724. The third-order valence-corrected chi connectivity index (χ3v) is 3.47. The number of hydrogen-bond acceptors (Lipinski definition) is 4. The molecular weight excluding hydrogens is 254 g/mol. The molecule has 0 bridgehead atoms. The zero-order chi connectivity index (χ0) is 15.0. The summed E-state index contributed by atoms with van der Waals surface area (Å²) in [7, 11) is 0. The smallest absolute Gasteiger partial charge is 0.410 e. The third kappa shape index (κ3) is 7.10. The Bertz CT molecular complexity index is 274. The van der Waals surface area contributed by atoms with Crippen molar-refractivity contribution in [2.45, 2.75) is 40.2 Å². The highest BCUT2D eigenvalue weighted by Gasteiger charge is 2.22. The van der Waals surface area contributed by atoms with Crippen molar-refractivity contribution in [2.24, 2.45) is 5.92 Å². The van der Waals surface area contributed by atoms with Gasteiger partial charge in [0.15, 0.2) is 0 Å². The maximum atomic E-state index is 11.8. The summed E-state index contributed by atoms with van der Waals surface area (Å²) in [6, 6.07) is 0. The second-order valence-corrected chi connectivity index (χ2v) is 6.19. The van der Waals surface area contributed by atoms with Crippen LogP contribution in [0.3, 0.4) is 0 Å². The molecule has 0 atom stereocenters. The van der Waals surface area contributed by atoms with Crippen LogP contribution in [0.25, 0.3) is 0 Å². The molecule has 0 aromatic heterocycles. The van der Waals surface area contributed by atoms with Crippen LogP contribution in [0.4, 0.5) is 4.79 Å². The third-order valence-electron chi connectivity index (χ3n) is 3.47. The highest BCUT2D eigenvalue weighted by molar-refractivity contribution is 5.67. The standard InChI is InChI=1S/C15H31N3O2/c1-13(2)5-6-16-7-8-17-9-11-18(12-10-17)15(19)20-14(3)4/h13-14,16H,5-12H2,1-4H3. The van der Waals surface area contributed by atoms with E-state index in [0.29, 0.717) is 0 Å². The Hall–Kier alpha value is -0.810.